The summed E-state index contributed by atoms with van der Waals surface area (Å²) in [5, 5.41) is 11.2. The Balaban J connectivity index is 1.33. The van der Waals surface area contributed by atoms with E-state index >= 15 is 0 Å². The van der Waals surface area contributed by atoms with E-state index in [0.29, 0.717) is 36.2 Å². The molecule has 2 aromatic rings. The third-order valence-electron chi connectivity index (χ3n) is 8.08. The van der Waals surface area contributed by atoms with E-state index < -0.39 is 18.6 Å². The van der Waals surface area contributed by atoms with Crippen LogP contribution in [0, 0.1) is 5.92 Å². The molecule has 2 aliphatic heterocycles. The van der Waals surface area contributed by atoms with Crippen LogP contribution in [0.5, 0.6) is 5.75 Å². The number of halogens is 3. The summed E-state index contributed by atoms with van der Waals surface area (Å²) in [6.45, 7) is 0.0822. The van der Waals surface area contributed by atoms with Crippen LogP contribution in [0.15, 0.2) is 30.3 Å². The lowest BCUT2D eigenvalue weighted by atomic mass is 9.78. The lowest BCUT2D eigenvalue weighted by Crippen LogP contribution is -2.52. The van der Waals surface area contributed by atoms with Crippen LogP contribution in [0.2, 0.25) is 0 Å². The summed E-state index contributed by atoms with van der Waals surface area (Å²) < 4.78 is 47.0. The molecule has 0 spiro atoms. The van der Waals surface area contributed by atoms with Gasteiger partial charge in [0, 0.05) is 37.0 Å². The van der Waals surface area contributed by atoms with Crippen molar-refractivity contribution in [2.45, 2.75) is 95.1 Å². The molecular weight excluding hydrogens is 443 g/mol. The first-order chi connectivity index (χ1) is 16.3. The van der Waals surface area contributed by atoms with Crippen molar-refractivity contribution in [3.8, 4) is 5.75 Å². The number of alkyl halides is 3. The van der Waals surface area contributed by atoms with Crippen LogP contribution in [0.1, 0.15) is 68.9 Å². The molecule has 2 saturated heterocycles. The highest BCUT2D eigenvalue weighted by Crippen LogP contribution is 2.39. The fourth-order valence-corrected chi connectivity index (χ4v) is 6.23. The van der Waals surface area contributed by atoms with Crippen LogP contribution in [0.3, 0.4) is 0 Å². The zero-order valence-corrected chi connectivity index (χ0v) is 19.3. The number of carboxylic acids is 1. The summed E-state index contributed by atoms with van der Waals surface area (Å²) >= 11 is 0. The van der Waals surface area contributed by atoms with Gasteiger partial charge in [0.2, 0.25) is 5.92 Å². The summed E-state index contributed by atoms with van der Waals surface area (Å²) in [7, 11) is 0. The van der Waals surface area contributed by atoms with Gasteiger partial charge in [0.25, 0.3) is 0 Å². The maximum absolute atomic E-state index is 14.1. The number of hydrogen-bond acceptors (Lipinski definition) is 3. The van der Waals surface area contributed by atoms with Crippen molar-refractivity contribution in [1.82, 2.24) is 4.90 Å². The molecule has 1 saturated carbocycles. The Labute approximate surface area is 198 Å². The normalized spacial score (nSPS) is 27.6. The SMILES string of the molecule is O=C(O)C1CC2CCCC(C1)N2Cc1ccc2c(CF)c(OC3CCC(F)(F)CC3)ccc2c1. The van der Waals surface area contributed by atoms with Gasteiger partial charge in [0.15, 0.2) is 0 Å². The van der Waals surface area contributed by atoms with Crippen LogP contribution in [0.25, 0.3) is 10.8 Å². The van der Waals surface area contributed by atoms with Gasteiger partial charge in [-0.2, -0.15) is 0 Å². The van der Waals surface area contributed by atoms with Crippen LogP contribution in [-0.4, -0.2) is 40.1 Å². The largest absolute Gasteiger partial charge is 0.490 e. The second kappa shape index (κ2) is 9.40. The monoisotopic (exact) mass is 475 g/mol. The number of hydrogen-bond donors (Lipinski definition) is 1. The number of fused-ring (bicyclic) bond motifs is 3. The topological polar surface area (TPSA) is 49.8 Å². The second-order valence-electron chi connectivity index (χ2n) is 10.3. The molecule has 0 amide bonds. The average Bonchev–Trinajstić information content (AvgIpc) is 2.80. The summed E-state index contributed by atoms with van der Waals surface area (Å²) in [4.78, 5) is 14.0. The van der Waals surface area contributed by atoms with Crippen molar-refractivity contribution in [2.24, 2.45) is 5.92 Å². The fraction of sp³-hybridized carbons (Fsp3) is 0.593. The van der Waals surface area contributed by atoms with Gasteiger partial charge < -0.3 is 9.84 Å². The standard InChI is InChI=1S/C27H32F3NO3/c28-15-24-23-6-4-17(16-31-20-2-1-3-21(31)14-19(13-20)26(32)33)12-18(23)5-7-25(24)34-22-8-10-27(29,30)11-9-22/h4-7,12,19-22H,1-3,8-11,13-16H2,(H,32,33). The second-order valence-corrected chi connectivity index (χ2v) is 10.3. The Kier molecular flexibility index (Phi) is 6.49. The van der Waals surface area contributed by atoms with Crippen LogP contribution in [-0.2, 0) is 18.0 Å². The van der Waals surface area contributed by atoms with Crippen molar-refractivity contribution in [3.63, 3.8) is 0 Å². The zero-order chi connectivity index (χ0) is 23.9. The number of carboxylic acid groups (broad SMARTS) is 1. The van der Waals surface area contributed by atoms with Gasteiger partial charge in [-0.3, -0.25) is 9.69 Å². The Hall–Kier alpha value is -2.28. The minimum absolute atomic E-state index is 0.189. The smallest absolute Gasteiger partial charge is 0.306 e. The molecule has 2 atom stereocenters. The van der Waals surface area contributed by atoms with E-state index in [1.54, 1.807) is 6.07 Å². The maximum Gasteiger partial charge on any atom is 0.306 e. The number of aliphatic carboxylic acids is 1. The molecule has 5 rings (SSSR count). The molecule has 2 aromatic carbocycles. The van der Waals surface area contributed by atoms with Gasteiger partial charge in [0.05, 0.1) is 12.0 Å². The van der Waals surface area contributed by atoms with Crippen LogP contribution in [0.4, 0.5) is 13.2 Å². The summed E-state index contributed by atoms with van der Waals surface area (Å²) in [6, 6.07) is 10.3. The van der Waals surface area contributed by atoms with E-state index in [9.17, 15) is 23.1 Å². The number of nitrogens with zero attached hydrogens (tertiary/aromatic N) is 1. The molecule has 184 valence electrons. The Morgan fingerprint density at radius 1 is 1.06 bits per heavy atom. The average molecular weight is 476 g/mol. The van der Waals surface area contributed by atoms with Gasteiger partial charge in [0.1, 0.15) is 12.4 Å². The van der Waals surface area contributed by atoms with Gasteiger partial charge in [-0.15, -0.1) is 0 Å². The first-order valence-electron chi connectivity index (χ1n) is 12.5. The number of carbonyl (C=O) groups is 1. The molecule has 2 heterocycles. The van der Waals surface area contributed by atoms with Crippen molar-refractivity contribution in [3.05, 3.63) is 41.5 Å². The van der Waals surface area contributed by atoms with Gasteiger partial charge in [-0.25, -0.2) is 13.2 Å². The van der Waals surface area contributed by atoms with Crippen molar-refractivity contribution in [1.29, 1.82) is 0 Å². The number of piperidine rings is 2. The Morgan fingerprint density at radius 3 is 2.41 bits per heavy atom. The summed E-state index contributed by atoms with van der Waals surface area (Å²) in [6.07, 6.45) is 4.50. The van der Waals surface area contributed by atoms with E-state index in [1.807, 2.05) is 18.2 Å². The number of ether oxygens (including phenoxy) is 1. The molecule has 0 radical (unpaired) electrons. The summed E-state index contributed by atoms with van der Waals surface area (Å²) in [5.74, 6) is -3.10. The first kappa shape index (κ1) is 23.5. The quantitative estimate of drug-likeness (QED) is 0.519. The van der Waals surface area contributed by atoms with Crippen molar-refractivity contribution < 1.29 is 27.8 Å². The molecule has 2 bridgehead atoms. The van der Waals surface area contributed by atoms with E-state index in [2.05, 4.69) is 11.0 Å². The molecule has 1 N–H and O–H groups in total. The van der Waals surface area contributed by atoms with Crippen LogP contribution >= 0.6 is 0 Å². The van der Waals surface area contributed by atoms with E-state index in [-0.39, 0.29) is 37.7 Å². The van der Waals surface area contributed by atoms with Gasteiger partial charge in [-0.1, -0.05) is 24.6 Å². The van der Waals surface area contributed by atoms with Gasteiger partial charge >= 0.3 is 5.97 Å². The highest BCUT2D eigenvalue weighted by atomic mass is 19.3. The minimum atomic E-state index is -2.62. The van der Waals surface area contributed by atoms with E-state index in [4.69, 9.17) is 4.74 Å². The summed E-state index contributed by atoms with van der Waals surface area (Å²) in [5.41, 5.74) is 1.60. The maximum atomic E-state index is 14.1. The molecule has 4 nitrogen and oxygen atoms in total. The number of benzene rings is 2. The Bertz CT molecular complexity index is 1030. The van der Waals surface area contributed by atoms with Gasteiger partial charge in [-0.05, 0) is 67.0 Å². The predicted octanol–water partition coefficient (Wildman–Crippen LogP) is 6.48. The van der Waals surface area contributed by atoms with Crippen molar-refractivity contribution >= 4 is 16.7 Å². The highest BCUT2D eigenvalue weighted by Gasteiger charge is 2.40. The molecule has 3 aliphatic rings. The molecule has 34 heavy (non-hydrogen) atoms. The number of rotatable bonds is 6. The predicted molar refractivity (Wildman–Crippen MR) is 124 cm³/mol. The van der Waals surface area contributed by atoms with Crippen LogP contribution < -0.4 is 4.74 Å². The molecule has 1 aliphatic carbocycles. The fourth-order valence-electron chi connectivity index (χ4n) is 6.23. The third-order valence-corrected chi connectivity index (χ3v) is 8.08. The molecule has 7 heteroatoms. The van der Waals surface area contributed by atoms with E-state index in [1.165, 1.54) is 0 Å². The minimum Gasteiger partial charge on any atom is -0.490 e. The first-order valence-corrected chi connectivity index (χ1v) is 12.5. The third kappa shape index (κ3) is 4.77. The molecule has 3 fully saturated rings. The van der Waals surface area contributed by atoms with Crippen molar-refractivity contribution in [2.75, 3.05) is 0 Å². The lowest BCUT2D eigenvalue weighted by Gasteiger charge is -2.48. The lowest BCUT2D eigenvalue weighted by molar-refractivity contribution is -0.146. The molecule has 0 aromatic heterocycles. The molecular formula is C27H32F3NO3. The van der Waals surface area contributed by atoms with E-state index in [0.717, 1.165) is 42.1 Å². The molecule has 2 unspecified atom stereocenters. The highest BCUT2D eigenvalue weighted by molar-refractivity contribution is 5.88. The zero-order valence-electron chi connectivity index (χ0n) is 19.3. The Morgan fingerprint density at radius 2 is 1.76 bits per heavy atom.